The number of phenols is 1. The third kappa shape index (κ3) is 6.25. The van der Waals surface area contributed by atoms with Crippen LogP contribution in [0.1, 0.15) is 6.92 Å². The summed E-state index contributed by atoms with van der Waals surface area (Å²) in [6, 6.07) is 4.55. The van der Waals surface area contributed by atoms with Gasteiger partial charge in [-0.05, 0) is 12.1 Å². The maximum Gasteiger partial charge on any atom is 0.300 e. The van der Waals surface area contributed by atoms with Crippen molar-refractivity contribution in [1.82, 2.24) is 0 Å². The highest BCUT2D eigenvalue weighted by atomic mass is 35.5. The van der Waals surface area contributed by atoms with Gasteiger partial charge in [0, 0.05) is 18.0 Å². The molecule has 0 amide bonds. The van der Waals surface area contributed by atoms with Crippen LogP contribution in [0.15, 0.2) is 18.2 Å². The minimum absolute atomic E-state index is 0.0177. The summed E-state index contributed by atoms with van der Waals surface area (Å²) < 4.78 is 0. The molecule has 0 fully saturated rings. The van der Waals surface area contributed by atoms with Crippen molar-refractivity contribution in [3.63, 3.8) is 0 Å². The van der Waals surface area contributed by atoms with Crippen LogP contribution in [0.3, 0.4) is 0 Å². The number of rotatable bonds is 0. The molecular formula is C8H8Cl2O3. The molecule has 0 saturated heterocycles. The molecule has 0 atom stereocenters. The van der Waals surface area contributed by atoms with Gasteiger partial charge in [-0.25, -0.2) is 0 Å². The smallest absolute Gasteiger partial charge is 0.300 e. The number of carboxylic acids is 1. The van der Waals surface area contributed by atoms with Crippen molar-refractivity contribution in [3.05, 3.63) is 28.2 Å². The van der Waals surface area contributed by atoms with E-state index in [-0.39, 0.29) is 5.75 Å². The van der Waals surface area contributed by atoms with E-state index in [4.69, 9.17) is 38.2 Å². The molecular weight excluding hydrogens is 215 g/mol. The minimum Gasteiger partial charge on any atom is -0.506 e. The number of aromatic hydroxyl groups is 1. The zero-order valence-electron chi connectivity index (χ0n) is 6.79. The maximum atomic E-state index is 9.00. The predicted molar refractivity (Wildman–Crippen MR) is 51.4 cm³/mol. The van der Waals surface area contributed by atoms with Crippen LogP contribution in [0.2, 0.25) is 10.0 Å². The summed E-state index contributed by atoms with van der Waals surface area (Å²) in [7, 11) is 0. The fraction of sp³-hybridized carbons (Fsp3) is 0.125. The van der Waals surface area contributed by atoms with Crippen molar-refractivity contribution in [1.29, 1.82) is 0 Å². The van der Waals surface area contributed by atoms with Gasteiger partial charge in [0.2, 0.25) is 0 Å². The average Bonchev–Trinajstić information content (AvgIpc) is 1.96. The van der Waals surface area contributed by atoms with E-state index in [1.54, 1.807) is 12.1 Å². The van der Waals surface area contributed by atoms with E-state index >= 15 is 0 Å². The predicted octanol–water partition coefficient (Wildman–Crippen LogP) is 2.79. The number of aliphatic carboxylic acids is 1. The Morgan fingerprint density at radius 3 is 2.15 bits per heavy atom. The summed E-state index contributed by atoms with van der Waals surface area (Å²) in [5, 5.41) is 17.1. The van der Waals surface area contributed by atoms with Crippen LogP contribution in [-0.4, -0.2) is 16.2 Å². The monoisotopic (exact) mass is 222 g/mol. The summed E-state index contributed by atoms with van der Waals surface area (Å²) in [5.74, 6) is -0.816. The van der Waals surface area contributed by atoms with Gasteiger partial charge >= 0.3 is 0 Å². The second-order valence-corrected chi connectivity index (χ2v) is 2.96. The molecule has 1 rings (SSSR count). The number of carbonyl (C=O) groups is 1. The Balaban J connectivity index is 0.000000310. The molecule has 0 aromatic heterocycles. The molecule has 0 bridgehead atoms. The lowest BCUT2D eigenvalue weighted by molar-refractivity contribution is -0.134. The van der Waals surface area contributed by atoms with Gasteiger partial charge in [-0.1, -0.05) is 23.2 Å². The lowest BCUT2D eigenvalue weighted by Crippen LogP contribution is -1.78. The Morgan fingerprint density at radius 1 is 1.38 bits per heavy atom. The molecule has 1 aromatic carbocycles. The first-order valence-corrected chi connectivity index (χ1v) is 4.02. The third-order valence-electron chi connectivity index (χ3n) is 0.908. The molecule has 2 N–H and O–H groups in total. The zero-order valence-corrected chi connectivity index (χ0v) is 8.30. The second-order valence-electron chi connectivity index (χ2n) is 2.11. The molecule has 0 aliphatic heterocycles. The minimum atomic E-state index is -0.833. The summed E-state index contributed by atoms with van der Waals surface area (Å²) in [5.41, 5.74) is 0. The highest BCUT2D eigenvalue weighted by Gasteiger charge is 1.95. The summed E-state index contributed by atoms with van der Waals surface area (Å²) in [6.07, 6.45) is 0. The van der Waals surface area contributed by atoms with Crippen LogP contribution >= 0.6 is 23.2 Å². The van der Waals surface area contributed by atoms with E-state index in [1.807, 2.05) is 0 Å². The number of halogens is 2. The number of phenolic OH excluding ortho intramolecular Hbond substituents is 1. The van der Waals surface area contributed by atoms with Crippen LogP contribution in [0.4, 0.5) is 0 Å². The normalized spacial score (nSPS) is 8.54. The molecule has 0 radical (unpaired) electrons. The van der Waals surface area contributed by atoms with Gasteiger partial charge in [-0.15, -0.1) is 0 Å². The molecule has 0 saturated carbocycles. The van der Waals surface area contributed by atoms with E-state index in [0.717, 1.165) is 6.92 Å². The average molecular weight is 223 g/mol. The quantitative estimate of drug-likeness (QED) is 0.710. The van der Waals surface area contributed by atoms with Crippen LogP contribution < -0.4 is 0 Å². The summed E-state index contributed by atoms with van der Waals surface area (Å²) in [6.45, 7) is 1.08. The Kier molecular flexibility index (Phi) is 5.26. The van der Waals surface area contributed by atoms with Gasteiger partial charge in [-0.2, -0.15) is 0 Å². The van der Waals surface area contributed by atoms with Crippen molar-refractivity contribution >= 4 is 29.2 Å². The van der Waals surface area contributed by atoms with Gasteiger partial charge < -0.3 is 10.2 Å². The Bertz CT molecular complexity index is 295. The zero-order chi connectivity index (χ0) is 10.4. The lowest BCUT2D eigenvalue weighted by Gasteiger charge is -1.93. The van der Waals surface area contributed by atoms with Crippen molar-refractivity contribution in [3.8, 4) is 5.75 Å². The van der Waals surface area contributed by atoms with Crippen molar-refractivity contribution < 1.29 is 15.0 Å². The standard InChI is InChI=1S/C6H4Cl2O.C2H4O2/c7-4-1-2-5(8)6(9)3-4;1-2(3)4/h1-3,9H;1H3,(H,3,4). The van der Waals surface area contributed by atoms with E-state index in [2.05, 4.69) is 0 Å². The fourth-order valence-electron chi connectivity index (χ4n) is 0.486. The highest BCUT2D eigenvalue weighted by molar-refractivity contribution is 6.34. The van der Waals surface area contributed by atoms with Gasteiger partial charge in [0.05, 0.1) is 5.02 Å². The molecule has 0 spiro atoms. The molecule has 3 nitrogen and oxygen atoms in total. The Morgan fingerprint density at radius 2 is 1.85 bits per heavy atom. The lowest BCUT2D eigenvalue weighted by atomic mass is 10.3. The molecule has 0 aliphatic rings. The first-order valence-electron chi connectivity index (χ1n) is 3.27. The van der Waals surface area contributed by atoms with Crippen LogP contribution in [0.25, 0.3) is 0 Å². The second kappa shape index (κ2) is 5.67. The topological polar surface area (TPSA) is 57.5 Å². The van der Waals surface area contributed by atoms with Crippen LogP contribution in [0, 0.1) is 0 Å². The van der Waals surface area contributed by atoms with E-state index in [0.29, 0.717) is 10.0 Å². The summed E-state index contributed by atoms with van der Waals surface area (Å²) >= 11 is 11.0. The van der Waals surface area contributed by atoms with Crippen LogP contribution in [0.5, 0.6) is 5.75 Å². The maximum absolute atomic E-state index is 9.00. The third-order valence-corrected chi connectivity index (χ3v) is 1.46. The molecule has 0 aliphatic carbocycles. The number of hydrogen-bond acceptors (Lipinski definition) is 2. The van der Waals surface area contributed by atoms with E-state index in [9.17, 15) is 0 Å². The van der Waals surface area contributed by atoms with Gasteiger partial charge in [0.1, 0.15) is 5.75 Å². The first-order chi connectivity index (χ1) is 5.93. The molecule has 5 heteroatoms. The van der Waals surface area contributed by atoms with Crippen LogP contribution in [-0.2, 0) is 4.79 Å². The van der Waals surface area contributed by atoms with E-state index in [1.165, 1.54) is 6.07 Å². The Labute approximate surface area is 85.5 Å². The van der Waals surface area contributed by atoms with Gasteiger partial charge in [0.15, 0.2) is 0 Å². The Hall–Kier alpha value is -0.930. The van der Waals surface area contributed by atoms with E-state index < -0.39 is 5.97 Å². The fourth-order valence-corrected chi connectivity index (χ4v) is 0.770. The molecule has 72 valence electrons. The van der Waals surface area contributed by atoms with Gasteiger partial charge in [-0.3, -0.25) is 4.79 Å². The number of hydrogen-bond donors (Lipinski definition) is 2. The highest BCUT2D eigenvalue weighted by Crippen LogP contribution is 2.25. The first kappa shape index (κ1) is 12.1. The number of benzene rings is 1. The SMILES string of the molecule is CC(=O)O.Oc1cc(Cl)ccc1Cl. The number of carboxylic acid groups (broad SMARTS) is 1. The summed E-state index contributed by atoms with van der Waals surface area (Å²) in [4.78, 5) is 9.00. The molecule has 0 heterocycles. The van der Waals surface area contributed by atoms with Crippen molar-refractivity contribution in [2.24, 2.45) is 0 Å². The molecule has 1 aromatic rings. The van der Waals surface area contributed by atoms with Crippen molar-refractivity contribution in [2.45, 2.75) is 6.92 Å². The van der Waals surface area contributed by atoms with Crippen molar-refractivity contribution in [2.75, 3.05) is 0 Å². The largest absolute Gasteiger partial charge is 0.506 e. The molecule has 13 heavy (non-hydrogen) atoms. The molecule has 0 unspecified atom stereocenters. The van der Waals surface area contributed by atoms with Gasteiger partial charge in [0.25, 0.3) is 5.97 Å².